The third kappa shape index (κ3) is 4.56. The molecule has 2 N–H and O–H groups in total. The quantitative estimate of drug-likeness (QED) is 0.419. The minimum atomic E-state index is -0.936. The predicted octanol–water partition coefficient (Wildman–Crippen LogP) is 4.27. The number of methoxy groups -OCH3 is 1. The van der Waals surface area contributed by atoms with Crippen LogP contribution in [0, 0.1) is 0 Å². The first-order chi connectivity index (χ1) is 15.1. The van der Waals surface area contributed by atoms with Gasteiger partial charge in [0.05, 0.1) is 35.7 Å². The van der Waals surface area contributed by atoms with E-state index in [4.69, 9.17) is 9.47 Å². The van der Waals surface area contributed by atoms with Crippen LogP contribution in [0.4, 0.5) is 5.13 Å². The zero-order chi connectivity index (χ0) is 21.8. The number of benzene rings is 2. The molecule has 4 rings (SSSR count). The smallest absolute Gasteiger partial charge is 0.338 e. The van der Waals surface area contributed by atoms with Gasteiger partial charge in [0.15, 0.2) is 11.2 Å². The molecule has 9 heteroatoms. The lowest BCUT2D eigenvalue weighted by atomic mass is 10.2. The Labute approximate surface area is 182 Å². The van der Waals surface area contributed by atoms with Crippen LogP contribution in [0.1, 0.15) is 23.7 Å². The van der Waals surface area contributed by atoms with Crippen LogP contribution in [-0.4, -0.2) is 40.0 Å². The molecule has 0 aliphatic rings. The number of carbonyl (C=O) groups excluding carboxylic acids is 2. The topological polar surface area (TPSA) is 106 Å². The highest BCUT2D eigenvalue weighted by molar-refractivity contribution is 7.14. The van der Waals surface area contributed by atoms with Crippen molar-refractivity contribution in [1.29, 1.82) is 0 Å². The van der Waals surface area contributed by atoms with Crippen LogP contribution in [0.25, 0.3) is 22.3 Å². The lowest BCUT2D eigenvalue weighted by Crippen LogP contribution is -2.32. The Morgan fingerprint density at radius 3 is 2.90 bits per heavy atom. The number of rotatable bonds is 7. The van der Waals surface area contributed by atoms with Gasteiger partial charge in [-0.15, -0.1) is 11.3 Å². The normalized spacial score (nSPS) is 11.8. The van der Waals surface area contributed by atoms with E-state index in [1.54, 1.807) is 38.6 Å². The molecule has 2 aromatic carbocycles. The Balaban J connectivity index is 1.43. The average Bonchev–Trinajstić information content (AvgIpc) is 3.46. The zero-order valence-electron chi connectivity index (χ0n) is 16.9. The fourth-order valence-corrected chi connectivity index (χ4v) is 3.74. The number of hydrogen-bond acceptors (Lipinski definition) is 7. The second kappa shape index (κ2) is 8.97. The summed E-state index contributed by atoms with van der Waals surface area (Å²) < 4.78 is 10.7. The first-order valence-corrected chi connectivity index (χ1v) is 10.5. The van der Waals surface area contributed by atoms with Crippen molar-refractivity contribution in [3.8, 4) is 17.0 Å². The van der Waals surface area contributed by atoms with Gasteiger partial charge < -0.3 is 14.5 Å². The maximum absolute atomic E-state index is 12.7. The summed E-state index contributed by atoms with van der Waals surface area (Å²) in [6, 6.07) is 12.5. The number of amides is 1. The molecule has 8 nitrogen and oxygen atoms in total. The van der Waals surface area contributed by atoms with Gasteiger partial charge in [-0.25, -0.2) is 14.8 Å². The van der Waals surface area contributed by atoms with Gasteiger partial charge in [-0.2, -0.15) is 0 Å². The number of nitrogens with one attached hydrogen (secondary N) is 2. The maximum atomic E-state index is 12.7. The third-order valence-electron chi connectivity index (χ3n) is 4.67. The molecule has 0 aliphatic carbocycles. The fraction of sp³-hybridized carbons (Fsp3) is 0.182. The van der Waals surface area contributed by atoms with E-state index >= 15 is 0 Å². The Morgan fingerprint density at radius 1 is 1.23 bits per heavy atom. The van der Waals surface area contributed by atoms with E-state index in [-0.39, 0.29) is 0 Å². The Bertz CT molecular complexity index is 1230. The summed E-state index contributed by atoms with van der Waals surface area (Å²) in [7, 11) is 1.60. The summed E-state index contributed by atoms with van der Waals surface area (Å²) in [6.07, 6.45) is 0.947. The first kappa shape index (κ1) is 20.5. The number of aromatic nitrogens is 3. The lowest BCUT2D eigenvalue weighted by molar-refractivity contribution is -0.124. The van der Waals surface area contributed by atoms with Crippen molar-refractivity contribution in [2.45, 2.75) is 19.4 Å². The van der Waals surface area contributed by atoms with Crippen LogP contribution >= 0.6 is 11.3 Å². The van der Waals surface area contributed by atoms with E-state index in [1.165, 1.54) is 11.3 Å². The largest absolute Gasteiger partial charge is 0.497 e. The minimum Gasteiger partial charge on any atom is -0.497 e. The first-order valence-electron chi connectivity index (χ1n) is 9.62. The standard InChI is InChI=1S/C22H20N4O4S/c1-3-19(30-21(28)14-7-8-16-17(10-14)24-12-23-16)20(27)26-22-25-18(11-31-22)13-5-4-6-15(9-13)29-2/h4-12,19H,3H2,1-2H3,(H,23,24)(H,25,26,27). The second-order valence-electron chi connectivity index (χ2n) is 6.70. The SMILES string of the molecule is CCC(OC(=O)c1ccc2nc[nH]c2c1)C(=O)Nc1nc(-c2cccc(OC)c2)cs1. The van der Waals surface area contributed by atoms with Gasteiger partial charge in [0.2, 0.25) is 0 Å². The Kier molecular flexibility index (Phi) is 5.94. The number of ether oxygens (including phenoxy) is 2. The average molecular weight is 436 g/mol. The Hall–Kier alpha value is -3.72. The molecule has 0 bridgehead atoms. The third-order valence-corrected chi connectivity index (χ3v) is 5.43. The van der Waals surface area contributed by atoms with E-state index < -0.39 is 18.0 Å². The van der Waals surface area contributed by atoms with E-state index in [9.17, 15) is 9.59 Å². The number of H-pyrrole nitrogens is 1. The van der Waals surface area contributed by atoms with E-state index in [1.807, 2.05) is 29.6 Å². The number of anilines is 1. The predicted molar refractivity (Wildman–Crippen MR) is 118 cm³/mol. The molecular formula is C22H20N4O4S. The van der Waals surface area contributed by atoms with Crippen molar-refractivity contribution in [3.05, 3.63) is 59.7 Å². The van der Waals surface area contributed by atoms with Gasteiger partial charge >= 0.3 is 5.97 Å². The molecule has 0 saturated carbocycles. The zero-order valence-corrected chi connectivity index (χ0v) is 17.7. The van der Waals surface area contributed by atoms with Crippen molar-refractivity contribution in [2.24, 2.45) is 0 Å². The monoisotopic (exact) mass is 436 g/mol. The van der Waals surface area contributed by atoms with Crippen LogP contribution < -0.4 is 10.1 Å². The van der Waals surface area contributed by atoms with Crippen molar-refractivity contribution in [1.82, 2.24) is 15.0 Å². The van der Waals surface area contributed by atoms with Crippen molar-refractivity contribution in [2.75, 3.05) is 12.4 Å². The molecule has 31 heavy (non-hydrogen) atoms. The lowest BCUT2D eigenvalue weighted by Gasteiger charge is -2.15. The molecule has 1 amide bonds. The molecular weight excluding hydrogens is 416 g/mol. The summed E-state index contributed by atoms with van der Waals surface area (Å²) in [5.74, 6) is -0.276. The van der Waals surface area contributed by atoms with Gasteiger partial charge in [0, 0.05) is 10.9 Å². The van der Waals surface area contributed by atoms with Crippen molar-refractivity contribution >= 4 is 39.4 Å². The molecule has 0 aliphatic heterocycles. The van der Waals surface area contributed by atoms with Gasteiger partial charge in [0.25, 0.3) is 5.91 Å². The van der Waals surface area contributed by atoms with Gasteiger partial charge in [0.1, 0.15) is 5.75 Å². The van der Waals surface area contributed by atoms with Crippen LogP contribution in [-0.2, 0) is 9.53 Å². The molecule has 2 aromatic heterocycles. The van der Waals surface area contributed by atoms with Gasteiger partial charge in [-0.3, -0.25) is 10.1 Å². The van der Waals surface area contributed by atoms with Crippen LogP contribution in [0.2, 0.25) is 0 Å². The summed E-state index contributed by atoms with van der Waals surface area (Å²) in [5, 5.41) is 5.01. The fourth-order valence-electron chi connectivity index (χ4n) is 3.01. The summed E-state index contributed by atoms with van der Waals surface area (Å²) in [4.78, 5) is 36.7. The van der Waals surface area contributed by atoms with E-state index in [0.29, 0.717) is 17.1 Å². The van der Waals surface area contributed by atoms with Gasteiger partial charge in [-0.1, -0.05) is 19.1 Å². The van der Waals surface area contributed by atoms with Crippen molar-refractivity contribution < 1.29 is 19.1 Å². The molecule has 4 aromatic rings. The molecule has 1 atom stereocenters. The highest BCUT2D eigenvalue weighted by Crippen LogP contribution is 2.27. The number of aromatic amines is 1. The number of nitrogens with zero attached hydrogens (tertiary/aromatic N) is 2. The van der Waals surface area contributed by atoms with Crippen LogP contribution in [0.5, 0.6) is 5.75 Å². The molecule has 1 unspecified atom stereocenters. The Morgan fingerprint density at radius 2 is 2.10 bits per heavy atom. The molecule has 158 valence electrons. The van der Waals surface area contributed by atoms with Crippen molar-refractivity contribution in [3.63, 3.8) is 0 Å². The van der Waals surface area contributed by atoms with Crippen LogP contribution in [0.3, 0.4) is 0 Å². The number of fused-ring (bicyclic) bond motifs is 1. The molecule has 2 heterocycles. The molecule has 0 radical (unpaired) electrons. The number of esters is 1. The summed E-state index contributed by atoms with van der Waals surface area (Å²) >= 11 is 1.30. The number of thiazole rings is 1. The molecule has 0 saturated heterocycles. The number of imidazole rings is 1. The highest BCUT2D eigenvalue weighted by Gasteiger charge is 2.23. The second-order valence-corrected chi connectivity index (χ2v) is 7.55. The summed E-state index contributed by atoms with van der Waals surface area (Å²) in [5.41, 5.74) is 3.41. The molecule has 0 spiro atoms. The molecule has 0 fully saturated rings. The summed E-state index contributed by atoms with van der Waals surface area (Å²) in [6.45, 7) is 1.78. The number of hydrogen-bond donors (Lipinski definition) is 2. The minimum absolute atomic E-state index is 0.331. The van der Waals surface area contributed by atoms with Gasteiger partial charge in [-0.05, 0) is 36.8 Å². The van der Waals surface area contributed by atoms with E-state index in [2.05, 4.69) is 20.3 Å². The number of carbonyl (C=O) groups is 2. The van der Waals surface area contributed by atoms with Crippen LogP contribution in [0.15, 0.2) is 54.2 Å². The van der Waals surface area contributed by atoms with E-state index in [0.717, 1.165) is 28.0 Å². The highest BCUT2D eigenvalue weighted by atomic mass is 32.1. The maximum Gasteiger partial charge on any atom is 0.338 e.